The second-order valence-electron chi connectivity index (χ2n) is 2.82. The highest BCUT2D eigenvalue weighted by Gasteiger charge is 2.06. The number of nitrogens with zero attached hydrogens (tertiary/aromatic N) is 1. The van der Waals surface area contributed by atoms with Crippen LogP contribution in [0.2, 0.25) is 5.15 Å². The molecule has 0 fully saturated rings. The van der Waals surface area contributed by atoms with E-state index in [0.717, 1.165) is 0 Å². The fourth-order valence-corrected chi connectivity index (χ4v) is 1.15. The summed E-state index contributed by atoms with van der Waals surface area (Å²) >= 11 is 5.76. The van der Waals surface area contributed by atoms with Crippen LogP contribution >= 0.6 is 11.6 Å². The topological polar surface area (TPSA) is 70.4 Å². The summed E-state index contributed by atoms with van der Waals surface area (Å²) < 4.78 is 0. The van der Waals surface area contributed by atoms with Crippen molar-refractivity contribution >= 4 is 23.6 Å². The van der Waals surface area contributed by atoms with Crippen LogP contribution in [0.5, 0.6) is 0 Å². The summed E-state index contributed by atoms with van der Waals surface area (Å²) in [6.07, 6.45) is 5.04. The summed E-state index contributed by atoms with van der Waals surface area (Å²) in [6.45, 7) is 0.0418. The minimum absolute atomic E-state index is 0.0418. The molecule has 0 bridgehead atoms. The van der Waals surface area contributed by atoms with Crippen LogP contribution in [0.15, 0.2) is 18.3 Å². The Hall–Kier alpha value is -1.39. The first kappa shape index (κ1) is 11.7. The van der Waals surface area contributed by atoms with E-state index in [0.29, 0.717) is 12.0 Å². The quantitative estimate of drug-likeness (QED) is 0.770. The van der Waals surface area contributed by atoms with E-state index in [1.165, 1.54) is 12.3 Å². The molecule has 1 aromatic heterocycles. The third kappa shape index (κ3) is 3.34. The molecule has 0 saturated carbocycles. The van der Waals surface area contributed by atoms with E-state index in [1.54, 1.807) is 12.2 Å². The van der Waals surface area contributed by atoms with Crippen molar-refractivity contribution in [2.24, 2.45) is 0 Å². The first-order valence-corrected chi connectivity index (χ1v) is 4.69. The Balaban J connectivity index is 2.95. The number of aliphatic hydroxyl groups excluding tert-OH is 1. The van der Waals surface area contributed by atoms with Gasteiger partial charge in [0.25, 0.3) is 0 Å². The smallest absolute Gasteiger partial charge is 0.337 e. The van der Waals surface area contributed by atoms with Gasteiger partial charge in [-0.2, -0.15) is 0 Å². The number of carbonyl (C=O) groups is 1. The van der Waals surface area contributed by atoms with E-state index in [-0.39, 0.29) is 17.3 Å². The van der Waals surface area contributed by atoms with E-state index in [4.69, 9.17) is 21.8 Å². The summed E-state index contributed by atoms with van der Waals surface area (Å²) in [6, 6.07) is 1.44. The van der Waals surface area contributed by atoms with Gasteiger partial charge in [-0.25, -0.2) is 9.78 Å². The number of aliphatic hydroxyl groups is 1. The second kappa shape index (κ2) is 5.48. The predicted molar refractivity (Wildman–Crippen MR) is 56.9 cm³/mol. The Morgan fingerprint density at radius 2 is 2.33 bits per heavy atom. The maximum absolute atomic E-state index is 10.6. The van der Waals surface area contributed by atoms with Crippen molar-refractivity contribution in [1.82, 2.24) is 4.98 Å². The number of carboxylic acid groups (broad SMARTS) is 1. The van der Waals surface area contributed by atoms with Gasteiger partial charge in [-0.3, -0.25) is 0 Å². The zero-order chi connectivity index (χ0) is 11.3. The van der Waals surface area contributed by atoms with E-state index < -0.39 is 5.97 Å². The lowest BCUT2D eigenvalue weighted by Crippen LogP contribution is -1.98. The molecule has 0 aromatic carbocycles. The lowest BCUT2D eigenvalue weighted by molar-refractivity contribution is 0.0696. The highest BCUT2D eigenvalue weighted by molar-refractivity contribution is 6.30. The van der Waals surface area contributed by atoms with Crippen molar-refractivity contribution < 1.29 is 15.0 Å². The molecule has 0 aliphatic carbocycles. The van der Waals surface area contributed by atoms with E-state index in [2.05, 4.69) is 4.98 Å². The average molecular weight is 228 g/mol. The zero-order valence-corrected chi connectivity index (χ0v) is 8.61. The maximum atomic E-state index is 10.6. The lowest BCUT2D eigenvalue weighted by Gasteiger charge is -1.99. The molecule has 0 unspecified atom stereocenters. The van der Waals surface area contributed by atoms with Crippen LogP contribution in [0.25, 0.3) is 6.08 Å². The van der Waals surface area contributed by atoms with Gasteiger partial charge < -0.3 is 10.2 Å². The molecule has 1 rings (SSSR count). The van der Waals surface area contributed by atoms with Gasteiger partial charge in [0.15, 0.2) is 0 Å². The number of hydrogen-bond acceptors (Lipinski definition) is 3. The minimum atomic E-state index is -1.05. The van der Waals surface area contributed by atoms with Crippen molar-refractivity contribution in [1.29, 1.82) is 0 Å². The van der Waals surface area contributed by atoms with Gasteiger partial charge in [-0.1, -0.05) is 23.8 Å². The van der Waals surface area contributed by atoms with Gasteiger partial charge in [-0.05, 0) is 12.5 Å². The molecule has 15 heavy (non-hydrogen) atoms. The molecule has 1 heterocycles. The number of carboxylic acids is 1. The van der Waals surface area contributed by atoms with Gasteiger partial charge >= 0.3 is 5.97 Å². The Morgan fingerprint density at radius 1 is 1.60 bits per heavy atom. The predicted octanol–water partition coefficient (Wildman–Crippen LogP) is 1.83. The van der Waals surface area contributed by atoms with E-state index in [9.17, 15) is 4.79 Å². The first-order valence-electron chi connectivity index (χ1n) is 4.31. The Labute approximate surface area is 91.8 Å². The van der Waals surface area contributed by atoms with Gasteiger partial charge in [0.2, 0.25) is 0 Å². The largest absolute Gasteiger partial charge is 0.478 e. The SMILES string of the molecule is O=C(O)c1cnc(Cl)c(C=CCCO)c1. The summed E-state index contributed by atoms with van der Waals surface area (Å²) in [5.74, 6) is -1.05. The molecule has 0 aliphatic rings. The Bertz CT molecular complexity index is 390. The molecule has 0 radical (unpaired) electrons. The standard InChI is InChI=1S/C10H10ClNO3/c11-9-7(3-1-2-4-13)5-8(6-12-9)10(14)15/h1,3,5-6,13H,2,4H2,(H,14,15). The van der Waals surface area contributed by atoms with Crippen molar-refractivity contribution in [3.63, 3.8) is 0 Å². The highest BCUT2D eigenvalue weighted by atomic mass is 35.5. The molecule has 1 aromatic rings. The van der Waals surface area contributed by atoms with Gasteiger partial charge in [-0.15, -0.1) is 0 Å². The summed E-state index contributed by atoms with van der Waals surface area (Å²) in [5, 5.41) is 17.5. The zero-order valence-electron chi connectivity index (χ0n) is 7.85. The molecule has 5 heteroatoms. The molecular formula is C10H10ClNO3. The lowest BCUT2D eigenvalue weighted by atomic mass is 10.2. The number of rotatable bonds is 4. The maximum Gasteiger partial charge on any atom is 0.337 e. The minimum Gasteiger partial charge on any atom is -0.478 e. The fraction of sp³-hybridized carbons (Fsp3) is 0.200. The van der Waals surface area contributed by atoms with Crippen LogP contribution in [0.3, 0.4) is 0 Å². The van der Waals surface area contributed by atoms with Crippen molar-refractivity contribution in [2.45, 2.75) is 6.42 Å². The molecule has 4 nitrogen and oxygen atoms in total. The average Bonchev–Trinajstić information content (AvgIpc) is 2.20. The molecule has 80 valence electrons. The third-order valence-electron chi connectivity index (χ3n) is 1.71. The van der Waals surface area contributed by atoms with Gasteiger partial charge in [0, 0.05) is 18.4 Å². The Kier molecular flexibility index (Phi) is 4.27. The number of pyridine rings is 1. The normalized spacial score (nSPS) is 10.8. The monoisotopic (exact) mass is 227 g/mol. The second-order valence-corrected chi connectivity index (χ2v) is 3.18. The number of aromatic nitrogens is 1. The van der Waals surface area contributed by atoms with Crippen LogP contribution in [0.4, 0.5) is 0 Å². The van der Waals surface area contributed by atoms with Gasteiger partial charge in [0.1, 0.15) is 5.15 Å². The number of hydrogen-bond donors (Lipinski definition) is 2. The van der Waals surface area contributed by atoms with Crippen LogP contribution in [0.1, 0.15) is 22.3 Å². The number of halogens is 1. The molecule has 0 saturated heterocycles. The number of aromatic carboxylic acids is 1. The van der Waals surface area contributed by atoms with Crippen LogP contribution in [-0.2, 0) is 0 Å². The molecule has 2 N–H and O–H groups in total. The van der Waals surface area contributed by atoms with Crippen LogP contribution < -0.4 is 0 Å². The van der Waals surface area contributed by atoms with Crippen molar-refractivity contribution in [3.8, 4) is 0 Å². The van der Waals surface area contributed by atoms with E-state index in [1.807, 2.05) is 0 Å². The Morgan fingerprint density at radius 3 is 2.93 bits per heavy atom. The highest BCUT2D eigenvalue weighted by Crippen LogP contribution is 2.16. The molecular weight excluding hydrogens is 218 g/mol. The summed E-state index contributed by atoms with van der Waals surface area (Å²) in [7, 11) is 0. The molecule has 0 spiro atoms. The van der Waals surface area contributed by atoms with Crippen LogP contribution in [0, 0.1) is 0 Å². The summed E-state index contributed by atoms with van der Waals surface area (Å²) in [4.78, 5) is 14.4. The molecule has 0 amide bonds. The van der Waals surface area contributed by atoms with Crippen molar-refractivity contribution in [2.75, 3.05) is 6.61 Å². The van der Waals surface area contributed by atoms with Gasteiger partial charge in [0.05, 0.1) is 5.56 Å². The summed E-state index contributed by atoms with van der Waals surface area (Å²) in [5.41, 5.74) is 0.619. The van der Waals surface area contributed by atoms with Crippen molar-refractivity contribution in [3.05, 3.63) is 34.6 Å². The fourth-order valence-electron chi connectivity index (χ4n) is 0.984. The third-order valence-corrected chi connectivity index (χ3v) is 2.02. The molecule has 0 aliphatic heterocycles. The van der Waals surface area contributed by atoms with Crippen LogP contribution in [-0.4, -0.2) is 27.8 Å². The molecule has 0 atom stereocenters. The first-order chi connectivity index (χ1) is 7.15. The van der Waals surface area contributed by atoms with E-state index >= 15 is 0 Å².